The fourth-order valence-corrected chi connectivity index (χ4v) is 3.02. The van der Waals surface area contributed by atoms with Crippen LogP contribution < -0.4 is 4.90 Å². The van der Waals surface area contributed by atoms with Crippen LogP contribution in [0.3, 0.4) is 0 Å². The van der Waals surface area contributed by atoms with E-state index in [2.05, 4.69) is 13.8 Å². The number of amides is 1. The maximum atomic E-state index is 13.1. The van der Waals surface area contributed by atoms with Crippen molar-refractivity contribution in [3.63, 3.8) is 0 Å². The van der Waals surface area contributed by atoms with E-state index in [0.717, 1.165) is 0 Å². The molecule has 26 heavy (non-hydrogen) atoms. The van der Waals surface area contributed by atoms with Crippen molar-refractivity contribution in [1.82, 2.24) is 0 Å². The minimum Gasteiger partial charge on any atom is -0.472 e. The molecule has 3 rings (SSSR count). The summed E-state index contributed by atoms with van der Waals surface area (Å²) in [5.41, 5.74) is 3.72. The average molecular weight is 351 g/mol. The number of hydrogen-bond donors (Lipinski definition) is 0. The molecule has 0 saturated carbocycles. The van der Waals surface area contributed by atoms with E-state index in [-0.39, 0.29) is 11.5 Å². The minimum absolute atomic E-state index is 0.263. The zero-order valence-corrected chi connectivity index (χ0v) is 15.3. The number of methoxy groups -OCH3 is 1. The maximum absolute atomic E-state index is 13.1. The summed E-state index contributed by atoms with van der Waals surface area (Å²) in [7, 11) is 1.31. The van der Waals surface area contributed by atoms with Gasteiger partial charge in [0.2, 0.25) is 0 Å². The lowest BCUT2D eigenvalue weighted by Gasteiger charge is -2.18. The lowest BCUT2D eigenvalue weighted by Crippen LogP contribution is -2.24. The largest absolute Gasteiger partial charge is 0.472 e. The second-order valence-electron chi connectivity index (χ2n) is 6.45. The van der Waals surface area contributed by atoms with Crippen molar-refractivity contribution in [1.29, 1.82) is 0 Å². The van der Waals surface area contributed by atoms with Gasteiger partial charge in [0.25, 0.3) is 5.91 Å². The van der Waals surface area contributed by atoms with Gasteiger partial charge in [-0.25, -0.2) is 4.79 Å². The summed E-state index contributed by atoms with van der Waals surface area (Å²) < 4.78 is 9.95. The molecule has 0 N–H and O–H groups in total. The molecule has 0 spiro atoms. The molecule has 0 aliphatic carbocycles. The first kappa shape index (κ1) is 17.7. The Morgan fingerprint density at radius 3 is 2.42 bits per heavy atom. The molecule has 0 atom stereocenters. The number of furan rings is 1. The van der Waals surface area contributed by atoms with Crippen LogP contribution in [0.2, 0.25) is 0 Å². The molecule has 1 aliphatic heterocycles. The van der Waals surface area contributed by atoms with Gasteiger partial charge in [-0.3, -0.25) is 9.69 Å². The number of nitrogens with zero attached hydrogens (tertiary/aromatic N) is 1. The standard InChI is InChI=1S/C21H21NO4/c1-13(2)16-5-7-17(8-6-16)22-14(3)19(21(24)25-4)18(20(22)23)11-15-9-10-26-12-15/h5-13H,1-4H3. The van der Waals surface area contributed by atoms with Gasteiger partial charge in [0.05, 0.1) is 30.8 Å². The summed E-state index contributed by atoms with van der Waals surface area (Å²) in [5.74, 6) is -0.398. The maximum Gasteiger partial charge on any atom is 0.340 e. The molecule has 0 fully saturated rings. The fraction of sp³-hybridized carbons (Fsp3) is 0.238. The zero-order valence-electron chi connectivity index (χ0n) is 15.3. The van der Waals surface area contributed by atoms with Crippen LogP contribution in [0.1, 0.15) is 37.8 Å². The molecular weight excluding hydrogens is 330 g/mol. The Balaban J connectivity index is 2.08. The molecule has 5 nitrogen and oxygen atoms in total. The summed E-state index contributed by atoms with van der Waals surface area (Å²) in [5, 5.41) is 0. The molecule has 1 aromatic heterocycles. The van der Waals surface area contributed by atoms with E-state index < -0.39 is 5.97 Å². The van der Waals surface area contributed by atoms with Crippen LogP contribution in [0.4, 0.5) is 5.69 Å². The van der Waals surface area contributed by atoms with Gasteiger partial charge in [-0.2, -0.15) is 0 Å². The molecule has 0 unspecified atom stereocenters. The third kappa shape index (κ3) is 3.08. The number of hydrogen-bond acceptors (Lipinski definition) is 4. The van der Waals surface area contributed by atoms with Crippen molar-refractivity contribution in [3.8, 4) is 0 Å². The number of carbonyl (C=O) groups is 2. The molecule has 1 aromatic carbocycles. The molecule has 0 radical (unpaired) electrons. The highest BCUT2D eigenvalue weighted by Gasteiger charge is 2.37. The van der Waals surface area contributed by atoms with Gasteiger partial charge in [0, 0.05) is 16.9 Å². The van der Waals surface area contributed by atoms with Gasteiger partial charge in [-0.15, -0.1) is 0 Å². The number of anilines is 1. The summed E-state index contributed by atoms with van der Waals surface area (Å²) >= 11 is 0. The monoisotopic (exact) mass is 351 g/mol. The molecule has 134 valence electrons. The Bertz CT molecular complexity index is 887. The smallest absolute Gasteiger partial charge is 0.340 e. The third-order valence-electron chi connectivity index (χ3n) is 4.46. The first-order valence-electron chi connectivity index (χ1n) is 8.42. The highest BCUT2D eigenvalue weighted by molar-refractivity contribution is 6.23. The van der Waals surface area contributed by atoms with E-state index >= 15 is 0 Å². The second-order valence-corrected chi connectivity index (χ2v) is 6.45. The highest BCUT2D eigenvalue weighted by Crippen LogP contribution is 2.35. The van der Waals surface area contributed by atoms with E-state index in [0.29, 0.717) is 28.4 Å². The summed E-state index contributed by atoms with van der Waals surface area (Å²) in [4.78, 5) is 26.9. The third-order valence-corrected chi connectivity index (χ3v) is 4.46. The van der Waals surface area contributed by atoms with Crippen LogP contribution in [0.25, 0.3) is 6.08 Å². The number of benzene rings is 1. The van der Waals surface area contributed by atoms with Crippen molar-refractivity contribution in [2.45, 2.75) is 26.7 Å². The van der Waals surface area contributed by atoms with Gasteiger partial charge in [0.1, 0.15) is 0 Å². The number of esters is 1. The minimum atomic E-state index is -0.535. The highest BCUT2D eigenvalue weighted by atomic mass is 16.5. The molecule has 0 saturated heterocycles. The molecule has 0 bridgehead atoms. The van der Waals surface area contributed by atoms with Crippen molar-refractivity contribution in [3.05, 3.63) is 70.8 Å². The first-order valence-corrected chi connectivity index (χ1v) is 8.42. The van der Waals surface area contributed by atoms with Gasteiger partial charge in [0.15, 0.2) is 0 Å². The van der Waals surface area contributed by atoms with Crippen molar-refractivity contribution >= 4 is 23.6 Å². The predicted molar refractivity (Wildman–Crippen MR) is 99.4 cm³/mol. The van der Waals surface area contributed by atoms with Crippen LogP contribution in [0, 0.1) is 0 Å². The van der Waals surface area contributed by atoms with Gasteiger partial charge in [-0.1, -0.05) is 26.0 Å². The van der Waals surface area contributed by atoms with Gasteiger partial charge >= 0.3 is 5.97 Å². The Labute approximate surface area is 152 Å². The summed E-state index contributed by atoms with van der Waals surface area (Å²) in [6.45, 7) is 5.97. The van der Waals surface area contributed by atoms with Crippen molar-refractivity contribution in [2.24, 2.45) is 0 Å². The fourth-order valence-electron chi connectivity index (χ4n) is 3.02. The number of allylic oxidation sites excluding steroid dienone is 1. The number of ether oxygens (including phenoxy) is 1. The summed E-state index contributed by atoms with van der Waals surface area (Å²) in [6.07, 6.45) is 4.68. The van der Waals surface area contributed by atoms with Gasteiger partial charge in [-0.05, 0) is 42.7 Å². The lowest BCUT2D eigenvalue weighted by molar-refractivity contribution is -0.136. The number of carbonyl (C=O) groups excluding carboxylic acids is 2. The SMILES string of the molecule is COC(=O)C1=C(C)N(c2ccc(C(C)C)cc2)C(=O)C1=Cc1ccoc1. The van der Waals surface area contributed by atoms with Crippen LogP contribution in [0.15, 0.2) is 64.1 Å². The molecule has 1 aliphatic rings. The Morgan fingerprint density at radius 1 is 1.19 bits per heavy atom. The first-order chi connectivity index (χ1) is 12.4. The molecule has 1 amide bonds. The van der Waals surface area contributed by atoms with E-state index in [4.69, 9.17) is 9.15 Å². The van der Waals surface area contributed by atoms with Crippen LogP contribution in [0.5, 0.6) is 0 Å². The van der Waals surface area contributed by atoms with Gasteiger partial charge < -0.3 is 9.15 Å². The van der Waals surface area contributed by atoms with E-state index in [1.807, 2.05) is 24.3 Å². The number of rotatable bonds is 4. The van der Waals surface area contributed by atoms with E-state index in [1.54, 1.807) is 24.0 Å². The summed E-state index contributed by atoms with van der Waals surface area (Å²) in [6, 6.07) is 9.51. The Kier molecular flexibility index (Phi) is 4.80. The van der Waals surface area contributed by atoms with Crippen LogP contribution >= 0.6 is 0 Å². The molecule has 2 aromatic rings. The normalized spacial score (nSPS) is 16.1. The second kappa shape index (κ2) is 7.04. The van der Waals surface area contributed by atoms with Crippen LogP contribution in [-0.4, -0.2) is 19.0 Å². The average Bonchev–Trinajstić information content (AvgIpc) is 3.22. The lowest BCUT2D eigenvalue weighted by atomic mass is 10.0. The quantitative estimate of drug-likeness (QED) is 0.609. The Morgan fingerprint density at radius 2 is 1.88 bits per heavy atom. The van der Waals surface area contributed by atoms with Crippen molar-refractivity contribution in [2.75, 3.05) is 12.0 Å². The molecular formula is C21H21NO4. The zero-order chi connectivity index (χ0) is 18.8. The topological polar surface area (TPSA) is 59.8 Å². The van der Waals surface area contributed by atoms with E-state index in [1.165, 1.54) is 25.2 Å². The molecule has 5 heteroatoms. The van der Waals surface area contributed by atoms with Crippen molar-refractivity contribution < 1.29 is 18.7 Å². The molecule has 2 heterocycles. The Hall–Kier alpha value is -3.08. The van der Waals surface area contributed by atoms with Crippen LogP contribution in [-0.2, 0) is 14.3 Å². The van der Waals surface area contributed by atoms with E-state index in [9.17, 15) is 9.59 Å². The predicted octanol–water partition coefficient (Wildman–Crippen LogP) is 4.28.